The van der Waals surface area contributed by atoms with Gasteiger partial charge in [0.1, 0.15) is 0 Å². The summed E-state index contributed by atoms with van der Waals surface area (Å²) in [4.78, 5) is 11.3. The molecule has 0 radical (unpaired) electrons. The number of hydrogen-bond donors (Lipinski definition) is 0. The molecule has 0 aromatic carbocycles. The van der Waals surface area contributed by atoms with E-state index in [-0.39, 0.29) is 41.3 Å². The van der Waals surface area contributed by atoms with Crippen molar-refractivity contribution in [2.75, 3.05) is 0 Å². The van der Waals surface area contributed by atoms with Gasteiger partial charge in [0, 0.05) is 42.0 Å². The molecule has 0 unspecified atom stereocenters. The number of rotatable bonds is 2. The topological polar surface area (TPSA) is 38.7 Å². The maximum atomic E-state index is 8.01. The van der Waals surface area contributed by atoms with Crippen molar-refractivity contribution in [3.05, 3.63) is 67.2 Å². The first kappa shape index (κ1) is 4.98. The van der Waals surface area contributed by atoms with E-state index in [1.165, 1.54) is 18.3 Å². The Morgan fingerprint density at radius 3 is 2.44 bits per heavy atom. The molecule has 0 spiro atoms. The summed E-state index contributed by atoms with van der Waals surface area (Å²) >= 11 is 0. The highest BCUT2D eigenvalue weighted by Crippen LogP contribution is 2.23. The third-order valence-electron chi connectivity index (χ3n) is 2.24. The van der Waals surface area contributed by atoms with Gasteiger partial charge in [-0.2, -0.15) is 0 Å². The van der Waals surface area contributed by atoms with Gasteiger partial charge in [0.25, 0.3) is 0 Å². The van der Waals surface area contributed by atoms with Gasteiger partial charge < -0.3 is 0 Å². The molecule has 3 nitrogen and oxygen atoms in total. The molecule has 3 heteroatoms. The van der Waals surface area contributed by atoms with Crippen molar-refractivity contribution in [1.29, 1.82) is 0 Å². The molecule has 3 rings (SSSR count). The Labute approximate surface area is 116 Å². The highest BCUT2D eigenvalue weighted by Gasteiger charge is 2.02. The molecule has 3 heterocycles. The van der Waals surface area contributed by atoms with E-state index < -0.39 is 24.4 Å². The van der Waals surface area contributed by atoms with Crippen LogP contribution in [0.2, 0.25) is 0 Å². The van der Waals surface area contributed by atoms with Crippen LogP contribution < -0.4 is 0 Å². The van der Waals surface area contributed by atoms with Crippen LogP contribution in [-0.4, -0.2) is 15.0 Å². The molecule has 18 heavy (non-hydrogen) atoms. The third-order valence-corrected chi connectivity index (χ3v) is 2.24. The minimum atomic E-state index is -0.476. The van der Waals surface area contributed by atoms with Crippen molar-refractivity contribution in [2.24, 2.45) is 0 Å². The normalized spacial score (nSPS) is 16.4. The van der Waals surface area contributed by atoms with Crippen molar-refractivity contribution >= 4 is 0 Å². The lowest BCUT2D eigenvalue weighted by molar-refractivity contribution is 1.27. The molecule has 0 atom stereocenters. The number of nitrogens with zero attached hydrogens (tertiary/aromatic N) is 3. The average Bonchev–Trinajstić information content (AvgIpc) is 2.58. The molecule has 0 amide bonds. The van der Waals surface area contributed by atoms with Crippen molar-refractivity contribution in [3.63, 3.8) is 0 Å². The molecular formula is C15H11N3. The van der Waals surface area contributed by atoms with Gasteiger partial charge in [-0.05, 0) is 35.8 Å². The highest BCUT2D eigenvalue weighted by atomic mass is 14.7. The number of pyridine rings is 3. The predicted molar refractivity (Wildman–Crippen MR) is 70.7 cm³/mol. The summed E-state index contributed by atoms with van der Waals surface area (Å²) in [7, 11) is 0. The van der Waals surface area contributed by atoms with Crippen LogP contribution in [-0.2, 0) is 0 Å². The zero-order valence-corrected chi connectivity index (χ0v) is 9.07. The molecule has 0 aliphatic rings. The van der Waals surface area contributed by atoms with E-state index in [1.807, 2.05) is 0 Å². The molecule has 0 saturated carbocycles. The second-order valence-electron chi connectivity index (χ2n) is 3.35. The zero-order chi connectivity index (χ0) is 19.2. The maximum absolute atomic E-state index is 8.01. The van der Waals surface area contributed by atoms with Crippen LogP contribution in [0.15, 0.2) is 67.2 Å². The van der Waals surface area contributed by atoms with Crippen LogP contribution in [0, 0.1) is 0 Å². The Kier molecular flexibility index (Phi) is 1.32. The summed E-state index contributed by atoms with van der Waals surface area (Å²) in [6.07, 6.45) is -0.312. The van der Waals surface area contributed by atoms with E-state index in [0.29, 0.717) is 5.56 Å². The fraction of sp³-hybridized carbons (Fsp3) is 0. The standard InChI is InChI=1S/C15H11N3/c1-3-13(10-16-6-1)12-5-8-18-15(9-12)14-4-2-7-17-11-14/h1-11H/i1D,2D,3D,4D,6D,7D,10D,11D. The van der Waals surface area contributed by atoms with Gasteiger partial charge in [0.05, 0.1) is 16.7 Å². The summed E-state index contributed by atoms with van der Waals surface area (Å²) < 4.78 is 62.2. The van der Waals surface area contributed by atoms with Gasteiger partial charge in [-0.1, -0.05) is 6.04 Å². The van der Waals surface area contributed by atoms with Crippen LogP contribution in [0.1, 0.15) is 11.0 Å². The molecule has 0 fully saturated rings. The van der Waals surface area contributed by atoms with Gasteiger partial charge in [-0.3, -0.25) is 15.0 Å². The summed E-state index contributed by atoms with van der Waals surface area (Å²) in [6, 6.07) is 1.36. The summed E-state index contributed by atoms with van der Waals surface area (Å²) in [5, 5.41) is 0. The summed E-state index contributed by atoms with van der Waals surface area (Å²) in [6.45, 7) is 0. The first-order chi connectivity index (χ1) is 12.2. The Hall–Kier alpha value is -2.55. The minimum Gasteiger partial charge on any atom is -0.264 e. The molecule has 0 aliphatic carbocycles. The first-order valence-corrected chi connectivity index (χ1v) is 5.08. The van der Waals surface area contributed by atoms with Crippen molar-refractivity contribution in [2.45, 2.75) is 0 Å². The second kappa shape index (κ2) is 4.75. The van der Waals surface area contributed by atoms with E-state index >= 15 is 0 Å². The highest BCUT2D eigenvalue weighted by molar-refractivity contribution is 5.69. The van der Waals surface area contributed by atoms with Crippen LogP contribution in [0.3, 0.4) is 0 Å². The lowest BCUT2D eigenvalue weighted by Crippen LogP contribution is -1.86. The Balaban J connectivity index is 2.24. The van der Waals surface area contributed by atoms with Crippen LogP contribution in [0.5, 0.6) is 0 Å². The SMILES string of the molecule is [2H]c1nc([2H])c(-c2ccnc(-c3c([2H])nc([2H])c([2H])c3[2H])c2)c([2H])c1[2H]. The fourth-order valence-corrected chi connectivity index (χ4v) is 1.44. The van der Waals surface area contributed by atoms with Gasteiger partial charge in [-0.25, -0.2) is 0 Å². The van der Waals surface area contributed by atoms with Crippen LogP contribution in [0.4, 0.5) is 0 Å². The Morgan fingerprint density at radius 2 is 1.61 bits per heavy atom. The molecule has 0 aliphatic heterocycles. The lowest BCUT2D eigenvalue weighted by atomic mass is 10.1. The van der Waals surface area contributed by atoms with E-state index in [1.54, 1.807) is 0 Å². The largest absolute Gasteiger partial charge is 0.264 e. The molecule has 0 saturated heterocycles. The smallest absolute Gasteiger partial charge is 0.0847 e. The molecule has 3 aromatic heterocycles. The molecule has 0 N–H and O–H groups in total. The van der Waals surface area contributed by atoms with E-state index in [9.17, 15) is 0 Å². The van der Waals surface area contributed by atoms with Crippen molar-refractivity contribution in [3.8, 4) is 22.4 Å². The van der Waals surface area contributed by atoms with E-state index in [4.69, 9.17) is 11.0 Å². The lowest BCUT2D eigenvalue weighted by Gasteiger charge is -2.04. The van der Waals surface area contributed by atoms with Gasteiger partial charge in [0.2, 0.25) is 0 Å². The van der Waals surface area contributed by atoms with E-state index in [0.717, 1.165) is 0 Å². The van der Waals surface area contributed by atoms with Gasteiger partial charge >= 0.3 is 0 Å². The second-order valence-corrected chi connectivity index (χ2v) is 3.35. The van der Waals surface area contributed by atoms with Crippen LogP contribution >= 0.6 is 0 Å². The van der Waals surface area contributed by atoms with Crippen LogP contribution in [0.25, 0.3) is 22.4 Å². The summed E-state index contributed by atoms with van der Waals surface area (Å²) in [5.74, 6) is 0. The molecular weight excluding hydrogens is 222 g/mol. The monoisotopic (exact) mass is 241 g/mol. The maximum Gasteiger partial charge on any atom is 0.0847 e. The number of hydrogen-bond acceptors (Lipinski definition) is 3. The first-order valence-electron chi connectivity index (χ1n) is 9.08. The Morgan fingerprint density at radius 1 is 0.889 bits per heavy atom. The molecule has 0 bridgehead atoms. The molecule has 3 aromatic rings. The third kappa shape index (κ3) is 2.11. The average molecular weight is 241 g/mol. The predicted octanol–water partition coefficient (Wildman–Crippen LogP) is 3.21. The summed E-state index contributed by atoms with van der Waals surface area (Å²) in [5.41, 5.74) is 0.427. The number of aromatic nitrogens is 3. The Bertz CT molecular complexity index is 959. The zero-order valence-electron chi connectivity index (χ0n) is 17.1. The van der Waals surface area contributed by atoms with Gasteiger partial charge in [0.15, 0.2) is 0 Å². The van der Waals surface area contributed by atoms with Crippen molar-refractivity contribution < 1.29 is 11.0 Å². The molecule has 86 valence electrons. The fourth-order valence-electron chi connectivity index (χ4n) is 1.44. The van der Waals surface area contributed by atoms with Crippen molar-refractivity contribution in [1.82, 2.24) is 15.0 Å². The van der Waals surface area contributed by atoms with Gasteiger partial charge in [-0.15, -0.1) is 0 Å². The quantitative estimate of drug-likeness (QED) is 0.691. The minimum absolute atomic E-state index is 0.0314. The van der Waals surface area contributed by atoms with E-state index in [2.05, 4.69) is 15.0 Å².